The first-order valence-corrected chi connectivity index (χ1v) is 15.9. The quantitative estimate of drug-likeness (QED) is 0.286. The van der Waals surface area contributed by atoms with Gasteiger partial charge < -0.3 is 10.2 Å². The van der Waals surface area contributed by atoms with Crippen LogP contribution in [0.25, 0.3) is 0 Å². The molecule has 10 heteroatoms. The zero-order valence-corrected chi connectivity index (χ0v) is 25.6. The Morgan fingerprint density at radius 1 is 0.951 bits per heavy atom. The van der Waals surface area contributed by atoms with E-state index in [1.54, 1.807) is 19.1 Å². The maximum absolute atomic E-state index is 14.0. The van der Waals surface area contributed by atoms with E-state index in [9.17, 15) is 18.0 Å². The SMILES string of the molecule is Cc1ccc(S(=O)(=O)N(CC(=O)N(CCc2ccccc2)C(C)C(=O)NC2CCCC2)c2ccc(Cl)c(Cl)c2)cc1. The van der Waals surface area contributed by atoms with E-state index >= 15 is 0 Å². The Labute approximate surface area is 252 Å². The van der Waals surface area contributed by atoms with Crippen LogP contribution in [-0.4, -0.2) is 50.3 Å². The van der Waals surface area contributed by atoms with Crippen LogP contribution >= 0.6 is 23.2 Å². The molecule has 7 nitrogen and oxygen atoms in total. The van der Waals surface area contributed by atoms with Crippen molar-refractivity contribution in [3.8, 4) is 0 Å². The topological polar surface area (TPSA) is 86.8 Å². The van der Waals surface area contributed by atoms with Gasteiger partial charge in [-0.3, -0.25) is 13.9 Å². The number of halogens is 2. The number of sulfonamides is 1. The van der Waals surface area contributed by atoms with Crippen LogP contribution in [-0.2, 0) is 26.0 Å². The first-order chi connectivity index (χ1) is 19.6. The number of hydrogen-bond donors (Lipinski definition) is 1. The number of carbonyl (C=O) groups is 2. The number of carbonyl (C=O) groups excluding carboxylic acids is 2. The minimum Gasteiger partial charge on any atom is -0.352 e. The van der Waals surface area contributed by atoms with E-state index in [0.717, 1.165) is 41.1 Å². The average molecular weight is 617 g/mol. The van der Waals surface area contributed by atoms with Crippen LogP contribution < -0.4 is 9.62 Å². The molecule has 3 aromatic rings. The molecule has 0 bridgehead atoms. The third-order valence-corrected chi connectivity index (χ3v) is 9.96. The lowest BCUT2D eigenvalue weighted by Crippen LogP contribution is -2.53. The highest BCUT2D eigenvalue weighted by Crippen LogP contribution is 2.31. The first kappa shape index (κ1) is 30.9. The summed E-state index contributed by atoms with van der Waals surface area (Å²) in [5.41, 5.74) is 2.09. The maximum Gasteiger partial charge on any atom is 0.264 e. The Balaban J connectivity index is 1.66. The molecule has 4 rings (SSSR count). The molecule has 0 aliphatic heterocycles. The minimum absolute atomic E-state index is 0.0323. The lowest BCUT2D eigenvalue weighted by Gasteiger charge is -2.32. The molecule has 1 aliphatic carbocycles. The molecule has 0 radical (unpaired) electrons. The van der Waals surface area contributed by atoms with Crippen molar-refractivity contribution in [2.45, 2.75) is 62.9 Å². The molecule has 3 aromatic carbocycles. The van der Waals surface area contributed by atoms with Crippen molar-refractivity contribution in [3.63, 3.8) is 0 Å². The fourth-order valence-corrected chi connectivity index (χ4v) is 6.67. The Bertz CT molecular complexity index is 1460. The van der Waals surface area contributed by atoms with E-state index in [1.165, 1.54) is 35.2 Å². The number of nitrogens with one attached hydrogen (secondary N) is 1. The molecule has 1 atom stereocenters. The highest BCUT2D eigenvalue weighted by Gasteiger charge is 2.33. The standard InChI is InChI=1S/C31H35Cl2N3O4S/c1-22-12-15-27(16-13-22)41(39,40)36(26-14-17-28(32)29(33)20-26)21-30(37)35(19-18-24-8-4-3-5-9-24)23(2)31(38)34-25-10-6-7-11-25/h3-5,8-9,12-17,20,23,25H,6-7,10-11,18-19,21H2,1-2H3,(H,34,38). The third-order valence-electron chi connectivity index (χ3n) is 7.43. The summed E-state index contributed by atoms with van der Waals surface area (Å²) in [6.07, 6.45) is 4.45. The van der Waals surface area contributed by atoms with Crippen molar-refractivity contribution in [1.82, 2.24) is 10.2 Å². The Kier molecular flexibility index (Phi) is 10.3. The second-order valence-electron chi connectivity index (χ2n) is 10.4. The normalized spacial score (nSPS) is 14.4. The largest absolute Gasteiger partial charge is 0.352 e. The van der Waals surface area contributed by atoms with Crippen molar-refractivity contribution in [2.24, 2.45) is 0 Å². The Morgan fingerprint density at radius 2 is 1.61 bits per heavy atom. The van der Waals surface area contributed by atoms with Crippen LogP contribution in [0.3, 0.4) is 0 Å². The predicted octanol–water partition coefficient (Wildman–Crippen LogP) is 6.02. The fourth-order valence-electron chi connectivity index (χ4n) is 4.97. The second kappa shape index (κ2) is 13.7. The smallest absolute Gasteiger partial charge is 0.264 e. The van der Waals surface area contributed by atoms with Gasteiger partial charge in [0.1, 0.15) is 12.6 Å². The van der Waals surface area contributed by atoms with Gasteiger partial charge in [-0.15, -0.1) is 0 Å². The fraction of sp³-hybridized carbons (Fsp3) is 0.355. The summed E-state index contributed by atoms with van der Waals surface area (Å²) >= 11 is 12.4. The molecule has 1 N–H and O–H groups in total. The molecule has 1 saturated carbocycles. The van der Waals surface area contributed by atoms with Gasteiger partial charge >= 0.3 is 0 Å². The van der Waals surface area contributed by atoms with E-state index in [4.69, 9.17) is 23.2 Å². The summed E-state index contributed by atoms with van der Waals surface area (Å²) in [7, 11) is -4.18. The molecule has 41 heavy (non-hydrogen) atoms. The van der Waals surface area contributed by atoms with Crippen molar-refractivity contribution in [3.05, 3.63) is 94.0 Å². The van der Waals surface area contributed by atoms with E-state index in [1.807, 2.05) is 37.3 Å². The van der Waals surface area contributed by atoms with Crippen LogP contribution in [0.4, 0.5) is 5.69 Å². The average Bonchev–Trinajstić information content (AvgIpc) is 3.47. The van der Waals surface area contributed by atoms with Gasteiger partial charge in [0.05, 0.1) is 20.6 Å². The van der Waals surface area contributed by atoms with Gasteiger partial charge in [0.15, 0.2) is 0 Å². The monoisotopic (exact) mass is 615 g/mol. The molecule has 0 heterocycles. The van der Waals surface area contributed by atoms with Crippen molar-refractivity contribution < 1.29 is 18.0 Å². The van der Waals surface area contributed by atoms with Crippen LogP contribution in [0, 0.1) is 6.92 Å². The van der Waals surface area contributed by atoms with Gasteiger partial charge in [-0.25, -0.2) is 8.42 Å². The molecule has 1 fully saturated rings. The molecule has 0 spiro atoms. The molecule has 0 saturated heterocycles. The second-order valence-corrected chi connectivity index (χ2v) is 13.1. The molecular weight excluding hydrogens is 581 g/mol. The van der Waals surface area contributed by atoms with Gasteiger partial charge in [-0.2, -0.15) is 0 Å². The predicted molar refractivity (Wildman–Crippen MR) is 164 cm³/mol. The van der Waals surface area contributed by atoms with Gasteiger partial charge in [0.25, 0.3) is 10.0 Å². The number of anilines is 1. The Hall–Kier alpha value is -3.07. The summed E-state index contributed by atoms with van der Waals surface area (Å²) < 4.78 is 28.9. The van der Waals surface area contributed by atoms with E-state index in [0.29, 0.717) is 6.42 Å². The minimum atomic E-state index is -4.18. The highest BCUT2D eigenvalue weighted by atomic mass is 35.5. The summed E-state index contributed by atoms with van der Waals surface area (Å²) in [6.45, 7) is 3.26. The lowest BCUT2D eigenvalue weighted by molar-refractivity contribution is -0.139. The molecule has 1 unspecified atom stereocenters. The van der Waals surface area contributed by atoms with Gasteiger partial charge in [-0.05, 0) is 69.0 Å². The number of rotatable bonds is 11. The van der Waals surface area contributed by atoms with Crippen molar-refractivity contribution in [1.29, 1.82) is 0 Å². The number of nitrogens with zero attached hydrogens (tertiary/aromatic N) is 2. The zero-order chi connectivity index (χ0) is 29.6. The summed E-state index contributed by atoms with van der Waals surface area (Å²) in [6, 6.07) is 19.8. The molecule has 218 valence electrons. The van der Waals surface area contributed by atoms with Gasteiger partial charge in [0.2, 0.25) is 11.8 Å². The maximum atomic E-state index is 14.0. The van der Waals surface area contributed by atoms with E-state index < -0.39 is 28.5 Å². The van der Waals surface area contributed by atoms with Crippen LogP contribution in [0.2, 0.25) is 10.0 Å². The lowest BCUT2D eigenvalue weighted by atomic mass is 10.1. The van der Waals surface area contributed by atoms with Crippen LogP contribution in [0.15, 0.2) is 77.7 Å². The third kappa shape index (κ3) is 7.82. The van der Waals surface area contributed by atoms with E-state index in [2.05, 4.69) is 5.32 Å². The number of amides is 2. The number of benzene rings is 3. The molecule has 1 aliphatic rings. The molecule has 0 aromatic heterocycles. The van der Waals surface area contributed by atoms with Gasteiger partial charge in [-0.1, -0.05) is 84.1 Å². The summed E-state index contributed by atoms with van der Waals surface area (Å²) in [5, 5.41) is 3.49. The zero-order valence-electron chi connectivity index (χ0n) is 23.2. The first-order valence-electron chi connectivity index (χ1n) is 13.7. The number of hydrogen-bond acceptors (Lipinski definition) is 4. The Morgan fingerprint density at radius 3 is 2.24 bits per heavy atom. The van der Waals surface area contributed by atoms with Crippen molar-refractivity contribution >= 4 is 50.7 Å². The molecule has 2 amide bonds. The number of aryl methyl sites for hydroxylation is 1. The van der Waals surface area contributed by atoms with Gasteiger partial charge in [0, 0.05) is 12.6 Å². The van der Waals surface area contributed by atoms with Crippen LogP contribution in [0.1, 0.15) is 43.7 Å². The summed E-state index contributed by atoms with van der Waals surface area (Å²) in [4.78, 5) is 28.8. The van der Waals surface area contributed by atoms with Crippen molar-refractivity contribution in [2.75, 3.05) is 17.4 Å². The molecular formula is C31H35Cl2N3O4S. The van der Waals surface area contributed by atoms with Crippen LogP contribution in [0.5, 0.6) is 0 Å². The highest BCUT2D eigenvalue weighted by molar-refractivity contribution is 7.92. The van der Waals surface area contributed by atoms with E-state index in [-0.39, 0.29) is 39.1 Å². The summed E-state index contributed by atoms with van der Waals surface area (Å²) in [5.74, 6) is -0.752.